The Hall–Kier alpha value is -2.37. The summed E-state index contributed by atoms with van der Waals surface area (Å²) in [5, 5.41) is 7.49. The van der Waals surface area contributed by atoms with Crippen LogP contribution in [-0.4, -0.2) is 35.6 Å². The third-order valence-corrected chi connectivity index (χ3v) is 7.92. The van der Waals surface area contributed by atoms with Gasteiger partial charge in [0.2, 0.25) is 5.91 Å². The molecule has 3 atom stereocenters. The molecule has 0 unspecified atom stereocenters. The molecule has 2 saturated carbocycles. The molecule has 156 valence electrons. The van der Waals surface area contributed by atoms with E-state index in [9.17, 15) is 9.59 Å². The van der Waals surface area contributed by atoms with Gasteiger partial charge in [0.25, 0.3) is 0 Å². The second-order valence-corrected chi connectivity index (χ2v) is 9.61. The molecule has 1 aromatic carbocycles. The number of carbonyl (C=O) groups excluding carboxylic acids is 2. The second kappa shape index (κ2) is 7.47. The van der Waals surface area contributed by atoms with Crippen LogP contribution in [0.2, 0.25) is 0 Å². The Bertz CT molecular complexity index is 819. The average molecular weight is 397 g/mol. The van der Waals surface area contributed by atoms with Gasteiger partial charge in [-0.15, -0.1) is 0 Å². The summed E-state index contributed by atoms with van der Waals surface area (Å²) in [6.07, 6.45) is 5.00. The van der Waals surface area contributed by atoms with Gasteiger partial charge in [-0.25, -0.2) is 10.2 Å². The van der Waals surface area contributed by atoms with E-state index in [4.69, 9.17) is 0 Å². The first kappa shape index (κ1) is 19.9. The molecule has 1 aliphatic heterocycles. The lowest BCUT2D eigenvalue weighted by atomic mass is 9.70. The van der Waals surface area contributed by atoms with Gasteiger partial charge < -0.3 is 10.2 Å². The molecule has 3 fully saturated rings. The SMILES string of the molecule is CC1(C)[C@@H]2CC[C@]1(C)/C(=N/NC(=O)[C@@H]1CCCN(C(=O)Nc3ccccc3)C1)C2. The van der Waals surface area contributed by atoms with Gasteiger partial charge in [0.05, 0.1) is 5.92 Å². The van der Waals surface area contributed by atoms with E-state index >= 15 is 0 Å². The standard InChI is InChI=1S/C23H32N4O2/c1-22(2)17-11-12-23(22,3)19(14-17)25-26-20(28)16-8-7-13-27(15-16)21(29)24-18-9-5-4-6-10-18/h4-6,9-10,16-17H,7-8,11-15H2,1-3H3,(H,24,29)(H,26,28)/b25-19+/t16-,17-,23-/m1/s1. The molecule has 2 aliphatic carbocycles. The number of hydrogen-bond acceptors (Lipinski definition) is 3. The van der Waals surface area contributed by atoms with Crippen molar-refractivity contribution >= 4 is 23.3 Å². The third-order valence-electron chi connectivity index (χ3n) is 7.92. The van der Waals surface area contributed by atoms with Crippen molar-refractivity contribution in [2.24, 2.45) is 27.8 Å². The minimum absolute atomic E-state index is 0.0705. The number of amides is 3. The summed E-state index contributed by atoms with van der Waals surface area (Å²) in [5.41, 5.74) is 5.07. The first-order chi connectivity index (χ1) is 13.8. The number of urea groups is 1. The summed E-state index contributed by atoms with van der Waals surface area (Å²) >= 11 is 0. The number of nitrogens with one attached hydrogen (secondary N) is 2. The zero-order valence-electron chi connectivity index (χ0n) is 17.7. The minimum Gasteiger partial charge on any atom is -0.324 e. The highest BCUT2D eigenvalue weighted by molar-refractivity contribution is 5.95. The van der Waals surface area contributed by atoms with Crippen molar-refractivity contribution in [2.45, 2.75) is 52.9 Å². The van der Waals surface area contributed by atoms with Gasteiger partial charge in [0.15, 0.2) is 0 Å². The lowest BCUT2D eigenvalue weighted by molar-refractivity contribution is -0.126. The number of anilines is 1. The van der Waals surface area contributed by atoms with E-state index in [-0.39, 0.29) is 28.7 Å². The summed E-state index contributed by atoms with van der Waals surface area (Å²) in [7, 11) is 0. The predicted octanol–water partition coefficient (Wildman–Crippen LogP) is 4.25. The van der Waals surface area contributed by atoms with Gasteiger partial charge in [0, 0.05) is 29.9 Å². The largest absolute Gasteiger partial charge is 0.324 e. The molecule has 4 rings (SSSR count). The molecule has 29 heavy (non-hydrogen) atoms. The van der Waals surface area contributed by atoms with Crippen LogP contribution in [0.15, 0.2) is 35.4 Å². The smallest absolute Gasteiger partial charge is 0.321 e. The van der Waals surface area contributed by atoms with Crippen molar-refractivity contribution < 1.29 is 9.59 Å². The molecular formula is C23H32N4O2. The molecule has 2 N–H and O–H groups in total. The number of carbonyl (C=O) groups is 2. The van der Waals surface area contributed by atoms with Crippen LogP contribution in [0.25, 0.3) is 0 Å². The molecule has 6 nitrogen and oxygen atoms in total. The van der Waals surface area contributed by atoms with Crippen LogP contribution in [0.3, 0.4) is 0 Å². The Kier molecular flexibility index (Phi) is 5.13. The van der Waals surface area contributed by atoms with Crippen molar-refractivity contribution in [2.75, 3.05) is 18.4 Å². The maximum Gasteiger partial charge on any atom is 0.321 e. The number of hydrogen-bond donors (Lipinski definition) is 2. The Labute approximate surface area is 173 Å². The van der Waals surface area contributed by atoms with Gasteiger partial charge in [0.1, 0.15) is 0 Å². The zero-order chi connectivity index (χ0) is 20.6. The molecule has 3 amide bonds. The van der Waals surface area contributed by atoms with Crippen LogP contribution in [0, 0.1) is 22.7 Å². The second-order valence-electron chi connectivity index (χ2n) is 9.61. The Balaban J connectivity index is 1.35. The van der Waals surface area contributed by atoms with E-state index in [0.29, 0.717) is 19.0 Å². The summed E-state index contributed by atoms with van der Waals surface area (Å²) in [6.45, 7) is 8.06. The van der Waals surface area contributed by atoms with E-state index in [1.807, 2.05) is 30.3 Å². The Morgan fingerprint density at radius 3 is 2.55 bits per heavy atom. The molecule has 1 heterocycles. The summed E-state index contributed by atoms with van der Waals surface area (Å²) in [4.78, 5) is 27.1. The lowest BCUT2D eigenvalue weighted by Gasteiger charge is -2.34. The Morgan fingerprint density at radius 1 is 1.14 bits per heavy atom. The number of fused-ring (bicyclic) bond motifs is 2. The topological polar surface area (TPSA) is 73.8 Å². The molecule has 3 aliphatic rings. The molecule has 1 saturated heterocycles. The predicted molar refractivity (Wildman–Crippen MR) is 115 cm³/mol. The molecule has 0 spiro atoms. The minimum atomic E-state index is -0.214. The van der Waals surface area contributed by atoms with Crippen LogP contribution in [0.1, 0.15) is 52.9 Å². The van der Waals surface area contributed by atoms with E-state index in [1.165, 1.54) is 6.42 Å². The van der Waals surface area contributed by atoms with E-state index in [1.54, 1.807) is 4.90 Å². The van der Waals surface area contributed by atoms with Gasteiger partial charge in [-0.1, -0.05) is 39.0 Å². The van der Waals surface area contributed by atoms with Crippen LogP contribution in [0.5, 0.6) is 0 Å². The van der Waals surface area contributed by atoms with Gasteiger partial charge in [-0.3, -0.25) is 4.79 Å². The number of rotatable bonds is 3. The first-order valence-corrected chi connectivity index (χ1v) is 10.8. The normalized spacial score (nSPS) is 31.7. The highest BCUT2D eigenvalue weighted by atomic mass is 16.2. The van der Waals surface area contributed by atoms with E-state index in [0.717, 1.165) is 37.1 Å². The molecular weight excluding hydrogens is 364 g/mol. The summed E-state index contributed by atoms with van der Waals surface area (Å²) in [6, 6.07) is 9.26. The van der Waals surface area contributed by atoms with Crippen LogP contribution < -0.4 is 10.7 Å². The fraction of sp³-hybridized carbons (Fsp3) is 0.609. The molecule has 1 aromatic rings. The summed E-state index contributed by atoms with van der Waals surface area (Å²) < 4.78 is 0. The maximum atomic E-state index is 12.8. The first-order valence-electron chi connectivity index (χ1n) is 10.8. The van der Waals surface area contributed by atoms with Crippen LogP contribution in [0.4, 0.5) is 10.5 Å². The number of piperidine rings is 1. The van der Waals surface area contributed by atoms with Crippen molar-refractivity contribution in [3.05, 3.63) is 30.3 Å². The molecule has 0 aromatic heterocycles. The van der Waals surface area contributed by atoms with Crippen molar-refractivity contribution in [1.29, 1.82) is 0 Å². The highest BCUT2D eigenvalue weighted by Crippen LogP contribution is 2.63. The van der Waals surface area contributed by atoms with E-state index in [2.05, 4.69) is 36.6 Å². The quantitative estimate of drug-likeness (QED) is 0.750. The van der Waals surface area contributed by atoms with Crippen LogP contribution >= 0.6 is 0 Å². The fourth-order valence-corrected chi connectivity index (χ4v) is 5.41. The number of benzene rings is 1. The fourth-order valence-electron chi connectivity index (χ4n) is 5.41. The summed E-state index contributed by atoms with van der Waals surface area (Å²) in [5.74, 6) is 0.378. The van der Waals surface area contributed by atoms with Crippen molar-refractivity contribution in [3.63, 3.8) is 0 Å². The van der Waals surface area contributed by atoms with Crippen LogP contribution in [-0.2, 0) is 4.79 Å². The molecule has 2 bridgehead atoms. The number of likely N-dealkylation sites (tertiary alicyclic amines) is 1. The van der Waals surface area contributed by atoms with E-state index < -0.39 is 0 Å². The van der Waals surface area contributed by atoms with Crippen molar-refractivity contribution in [1.82, 2.24) is 10.3 Å². The zero-order valence-corrected chi connectivity index (χ0v) is 17.7. The number of para-hydroxylation sites is 1. The third kappa shape index (κ3) is 3.53. The molecule has 6 heteroatoms. The van der Waals surface area contributed by atoms with Crippen molar-refractivity contribution in [3.8, 4) is 0 Å². The average Bonchev–Trinajstić information content (AvgIpc) is 3.06. The Morgan fingerprint density at radius 2 is 1.90 bits per heavy atom. The number of nitrogens with zero attached hydrogens (tertiary/aromatic N) is 2. The van der Waals surface area contributed by atoms with Gasteiger partial charge >= 0.3 is 6.03 Å². The van der Waals surface area contributed by atoms with Gasteiger partial charge in [-0.2, -0.15) is 5.10 Å². The molecule has 0 radical (unpaired) electrons. The monoisotopic (exact) mass is 396 g/mol. The highest BCUT2D eigenvalue weighted by Gasteiger charge is 2.60. The maximum absolute atomic E-state index is 12.8. The number of hydrazone groups is 1. The van der Waals surface area contributed by atoms with Gasteiger partial charge in [-0.05, 0) is 55.6 Å². The lowest BCUT2D eigenvalue weighted by Crippen LogP contribution is -2.46.